The van der Waals surface area contributed by atoms with Gasteiger partial charge in [-0.25, -0.2) is 0 Å². The van der Waals surface area contributed by atoms with Gasteiger partial charge in [-0.05, 0) is 61.7 Å². The molecule has 1 aromatic heterocycles. The first-order valence-electron chi connectivity index (χ1n) is 9.80. The number of anilines is 2. The maximum Gasteiger partial charge on any atom is 0.229 e. The number of nitrogens with one attached hydrogen (secondary N) is 1. The lowest BCUT2D eigenvalue weighted by molar-refractivity contribution is -0.120. The summed E-state index contributed by atoms with van der Waals surface area (Å²) in [6.07, 6.45) is 1.83. The summed E-state index contributed by atoms with van der Waals surface area (Å²) in [5, 5.41) is 12.5. The van der Waals surface area contributed by atoms with Crippen molar-refractivity contribution >= 4 is 29.0 Å². The van der Waals surface area contributed by atoms with E-state index >= 15 is 0 Å². The molecule has 5 nitrogen and oxygen atoms in total. The van der Waals surface area contributed by atoms with Gasteiger partial charge in [-0.15, -0.1) is 10.2 Å². The first-order chi connectivity index (χ1) is 14.1. The highest BCUT2D eigenvalue weighted by Gasteiger charge is 2.26. The topological polar surface area (TPSA) is 58.1 Å². The van der Waals surface area contributed by atoms with Gasteiger partial charge in [-0.3, -0.25) is 4.79 Å². The van der Waals surface area contributed by atoms with E-state index in [0.29, 0.717) is 11.6 Å². The zero-order valence-electron chi connectivity index (χ0n) is 16.3. The summed E-state index contributed by atoms with van der Waals surface area (Å²) in [7, 11) is 0. The highest BCUT2D eigenvalue weighted by atomic mass is 35.5. The number of carbonyl (C=O) groups is 1. The Morgan fingerprint density at radius 2 is 1.93 bits per heavy atom. The van der Waals surface area contributed by atoms with Crippen molar-refractivity contribution in [2.75, 3.05) is 23.3 Å². The van der Waals surface area contributed by atoms with E-state index in [0.717, 1.165) is 47.7 Å². The molecule has 0 spiro atoms. The van der Waals surface area contributed by atoms with Crippen LogP contribution in [-0.4, -0.2) is 29.2 Å². The van der Waals surface area contributed by atoms with Crippen LogP contribution in [0, 0.1) is 12.8 Å². The molecule has 0 bridgehead atoms. The molecule has 0 aliphatic carbocycles. The molecular weight excluding hydrogens is 384 g/mol. The van der Waals surface area contributed by atoms with E-state index in [4.69, 9.17) is 11.6 Å². The van der Waals surface area contributed by atoms with Crippen molar-refractivity contribution < 1.29 is 4.79 Å². The Morgan fingerprint density at radius 3 is 2.66 bits per heavy atom. The first-order valence-corrected chi connectivity index (χ1v) is 10.2. The minimum Gasteiger partial charge on any atom is -0.354 e. The number of aromatic nitrogens is 2. The van der Waals surface area contributed by atoms with Crippen molar-refractivity contribution in [2.45, 2.75) is 19.8 Å². The van der Waals surface area contributed by atoms with Gasteiger partial charge in [0.1, 0.15) is 0 Å². The highest BCUT2D eigenvalue weighted by molar-refractivity contribution is 6.30. The van der Waals surface area contributed by atoms with Gasteiger partial charge in [0, 0.05) is 29.4 Å². The Kier molecular flexibility index (Phi) is 5.76. The van der Waals surface area contributed by atoms with Crippen LogP contribution in [0.4, 0.5) is 11.5 Å². The molecule has 0 radical (unpaired) electrons. The first kappa shape index (κ1) is 19.4. The zero-order valence-corrected chi connectivity index (χ0v) is 17.1. The predicted octanol–water partition coefficient (Wildman–Crippen LogP) is 4.96. The Hall–Kier alpha value is -2.92. The predicted molar refractivity (Wildman–Crippen MR) is 117 cm³/mol. The molecule has 4 rings (SSSR count). The SMILES string of the molecule is Cc1cccc(NC(=O)C2CCCN(c3ccc(-c4ccc(Cl)cc4)nn3)C2)c1. The lowest BCUT2D eigenvalue weighted by atomic mass is 9.97. The van der Waals surface area contributed by atoms with E-state index in [-0.39, 0.29) is 11.8 Å². The van der Waals surface area contributed by atoms with Gasteiger partial charge in [-0.1, -0.05) is 35.9 Å². The van der Waals surface area contributed by atoms with Crippen LogP contribution in [0.2, 0.25) is 5.02 Å². The average Bonchev–Trinajstić information content (AvgIpc) is 2.74. The van der Waals surface area contributed by atoms with E-state index in [1.165, 1.54) is 0 Å². The molecule has 1 atom stereocenters. The van der Waals surface area contributed by atoms with Gasteiger partial charge in [0.15, 0.2) is 5.82 Å². The Labute approximate surface area is 175 Å². The quantitative estimate of drug-likeness (QED) is 0.665. The number of rotatable bonds is 4. The molecule has 1 N–H and O–H groups in total. The maximum atomic E-state index is 12.7. The van der Waals surface area contributed by atoms with Crippen molar-refractivity contribution in [2.24, 2.45) is 5.92 Å². The van der Waals surface area contributed by atoms with Gasteiger partial charge in [0.25, 0.3) is 0 Å². The highest BCUT2D eigenvalue weighted by Crippen LogP contribution is 2.25. The third kappa shape index (κ3) is 4.74. The van der Waals surface area contributed by atoms with Gasteiger partial charge >= 0.3 is 0 Å². The molecule has 1 unspecified atom stereocenters. The monoisotopic (exact) mass is 406 g/mol. The van der Waals surface area contributed by atoms with E-state index in [2.05, 4.69) is 20.4 Å². The molecular formula is C23H23ClN4O. The summed E-state index contributed by atoms with van der Waals surface area (Å²) in [6, 6.07) is 19.4. The standard InChI is InChI=1S/C23H23ClN4O/c1-16-4-2-6-20(14-16)25-23(29)18-5-3-13-28(15-18)22-12-11-21(26-27-22)17-7-9-19(24)10-8-17/h2,4,6-12,14,18H,3,5,13,15H2,1H3,(H,25,29). The molecule has 1 saturated heterocycles. The number of carbonyl (C=O) groups excluding carboxylic acids is 1. The number of halogens is 1. The van der Waals surface area contributed by atoms with Crippen LogP contribution >= 0.6 is 11.6 Å². The van der Waals surface area contributed by atoms with Crippen LogP contribution in [-0.2, 0) is 4.79 Å². The van der Waals surface area contributed by atoms with Crippen molar-refractivity contribution in [3.8, 4) is 11.3 Å². The zero-order chi connectivity index (χ0) is 20.2. The lowest BCUT2D eigenvalue weighted by Crippen LogP contribution is -2.41. The molecule has 148 valence electrons. The maximum absolute atomic E-state index is 12.7. The van der Waals surface area contributed by atoms with E-state index in [1.807, 2.05) is 67.6 Å². The van der Waals surface area contributed by atoms with Gasteiger partial charge in [0.2, 0.25) is 5.91 Å². The van der Waals surface area contributed by atoms with Crippen LogP contribution in [0.25, 0.3) is 11.3 Å². The van der Waals surface area contributed by atoms with Crippen LogP contribution in [0.3, 0.4) is 0 Å². The molecule has 0 saturated carbocycles. The smallest absolute Gasteiger partial charge is 0.229 e. The second-order valence-corrected chi connectivity index (χ2v) is 7.86. The van der Waals surface area contributed by atoms with Crippen molar-refractivity contribution in [1.29, 1.82) is 0 Å². The number of benzene rings is 2. The van der Waals surface area contributed by atoms with Crippen molar-refractivity contribution in [3.05, 3.63) is 71.2 Å². The fraction of sp³-hybridized carbons (Fsp3) is 0.261. The van der Waals surface area contributed by atoms with E-state index in [1.54, 1.807) is 0 Å². The number of hydrogen-bond donors (Lipinski definition) is 1. The molecule has 3 aromatic rings. The summed E-state index contributed by atoms with van der Waals surface area (Å²) in [6.45, 7) is 3.54. The second-order valence-electron chi connectivity index (χ2n) is 7.43. The summed E-state index contributed by atoms with van der Waals surface area (Å²) in [5.41, 5.74) is 3.75. The Balaban J connectivity index is 1.42. The Morgan fingerprint density at radius 1 is 1.10 bits per heavy atom. The van der Waals surface area contributed by atoms with Gasteiger partial charge in [0.05, 0.1) is 11.6 Å². The average molecular weight is 407 g/mol. The summed E-state index contributed by atoms with van der Waals surface area (Å²) >= 11 is 5.95. The number of amides is 1. The molecule has 2 heterocycles. The number of aryl methyl sites for hydroxylation is 1. The van der Waals surface area contributed by atoms with Gasteiger partial charge in [-0.2, -0.15) is 0 Å². The second kappa shape index (κ2) is 8.62. The summed E-state index contributed by atoms with van der Waals surface area (Å²) in [4.78, 5) is 14.9. The normalized spacial score (nSPS) is 16.5. The molecule has 2 aromatic carbocycles. The molecule has 1 aliphatic rings. The largest absolute Gasteiger partial charge is 0.354 e. The number of piperidine rings is 1. The van der Waals surface area contributed by atoms with Crippen LogP contribution in [0.15, 0.2) is 60.7 Å². The summed E-state index contributed by atoms with van der Waals surface area (Å²) < 4.78 is 0. The van der Waals surface area contributed by atoms with E-state index in [9.17, 15) is 4.79 Å². The van der Waals surface area contributed by atoms with Crippen LogP contribution < -0.4 is 10.2 Å². The van der Waals surface area contributed by atoms with Crippen molar-refractivity contribution in [3.63, 3.8) is 0 Å². The van der Waals surface area contributed by atoms with Gasteiger partial charge < -0.3 is 10.2 Å². The Bertz CT molecular complexity index is 989. The fourth-order valence-corrected chi connectivity index (χ4v) is 3.76. The fourth-order valence-electron chi connectivity index (χ4n) is 3.63. The van der Waals surface area contributed by atoms with Crippen LogP contribution in [0.5, 0.6) is 0 Å². The molecule has 1 aliphatic heterocycles. The molecule has 6 heteroatoms. The molecule has 29 heavy (non-hydrogen) atoms. The molecule has 1 fully saturated rings. The minimum absolute atomic E-state index is 0.0612. The third-order valence-corrected chi connectivity index (χ3v) is 5.44. The van der Waals surface area contributed by atoms with E-state index < -0.39 is 0 Å². The third-order valence-electron chi connectivity index (χ3n) is 5.19. The number of nitrogens with zero attached hydrogens (tertiary/aromatic N) is 3. The molecule has 1 amide bonds. The van der Waals surface area contributed by atoms with Crippen molar-refractivity contribution in [1.82, 2.24) is 10.2 Å². The lowest BCUT2D eigenvalue weighted by Gasteiger charge is -2.32. The number of hydrogen-bond acceptors (Lipinski definition) is 4. The van der Waals surface area contributed by atoms with Crippen LogP contribution in [0.1, 0.15) is 18.4 Å². The minimum atomic E-state index is -0.0676. The summed E-state index contributed by atoms with van der Waals surface area (Å²) in [5.74, 6) is 0.795.